The molecule has 3 nitrogen and oxygen atoms in total. The molecule has 1 N–H and O–H groups in total. The fraction of sp³-hybridized carbons (Fsp3) is 0.409. The van der Waals surface area contributed by atoms with E-state index in [2.05, 4.69) is 10.2 Å². The summed E-state index contributed by atoms with van der Waals surface area (Å²) in [4.78, 5) is 15.3. The fourth-order valence-corrected chi connectivity index (χ4v) is 4.10. The number of likely N-dealkylation sites (tertiary alicyclic amines) is 1. The zero-order valence-electron chi connectivity index (χ0n) is 15.3. The van der Waals surface area contributed by atoms with E-state index in [1.165, 1.54) is 24.3 Å². The van der Waals surface area contributed by atoms with Gasteiger partial charge in [0.15, 0.2) is 0 Å². The molecule has 1 heterocycles. The molecule has 0 bridgehead atoms. The maximum absolute atomic E-state index is 13.3. The minimum Gasteiger partial charge on any atom is -0.353 e. The number of amides is 1. The van der Waals surface area contributed by atoms with E-state index < -0.39 is 5.41 Å². The third kappa shape index (κ3) is 3.74. The van der Waals surface area contributed by atoms with Crippen molar-refractivity contribution in [2.45, 2.75) is 37.1 Å². The molecule has 1 atom stereocenters. The Morgan fingerprint density at radius 2 is 1.52 bits per heavy atom. The fourth-order valence-electron chi connectivity index (χ4n) is 4.10. The van der Waals surface area contributed by atoms with Gasteiger partial charge in [0.1, 0.15) is 11.6 Å². The van der Waals surface area contributed by atoms with E-state index >= 15 is 0 Å². The molecule has 2 aromatic carbocycles. The minimum absolute atomic E-state index is 0.000386. The second-order valence-corrected chi connectivity index (χ2v) is 7.61. The van der Waals surface area contributed by atoms with Gasteiger partial charge >= 0.3 is 0 Å². The average Bonchev–Trinajstić information content (AvgIpc) is 3.31. The first-order chi connectivity index (χ1) is 13.1. The Morgan fingerprint density at radius 1 is 0.963 bits per heavy atom. The summed E-state index contributed by atoms with van der Waals surface area (Å²) in [5.74, 6) is -0.544. The van der Waals surface area contributed by atoms with Gasteiger partial charge in [-0.15, -0.1) is 0 Å². The summed E-state index contributed by atoms with van der Waals surface area (Å²) < 4.78 is 26.5. The number of nitrogens with one attached hydrogen (secondary N) is 1. The first kappa shape index (κ1) is 18.1. The van der Waals surface area contributed by atoms with Crippen molar-refractivity contribution >= 4 is 5.91 Å². The van der Waals surface area contributed by atoms with Crippen LogP contribution in [0, 0.1) is 11.6 Å². The van der Waals surface area contributed by atoms with Gasteiger partial charge in [-0.3, -0.25) is 9.69 Å². The van der Waals surface area contributed by atoms with Crippen molar-refractivity contribution in [3.63, 3.8) is 0 Å². The van der Waals surface area contributed by atoms with Gasteiger partial charge in [-0.25, -0.2) is 8.78 Å². The molecule has 4 rings (SSSR count). The Balaban J connectivity index is 1.48. The van der Waals surface area contributed by atoms with Gasteiger partial charge < -0.3 is 5.32 Å². The lowest BCUT2D eigenvalue weighted by Crippen LogP contribution is -2.41. The second-order valence-electron chi connectivity index (χ2n) is 7.61. The van der Waals surface area contributed by atoms with Crippen LogP contribution < -0.4 is 5.32 Å². The van der Waals surface area contributed by atoms with Crippen molar-refractivity contribution in [2.24, 2.45) is 0 Å². The molecule has 27 heavy (non-hydrogen) atoms. The largest absolute Gasteiger partial charge is 0.353 e. The maximum Gasteiger partial charge on any atom is 0.230 e. The number of benzene rings is 2. The van der Waals surface area contributed by atoms with Crippen LogP contribution >= 0.6 is 0 Å². The highest BCUT2D eigenvalue weighted by atomic mass is 19.1. The molecular formula is C22H24F2N2O. The van der Waals surface area contributed by atoms with Crippen molar-refractivity contribution in [2.75, 3.05) is 19.6 Å². The number of hydrogen-bond donors (Lipinski definition) is 1. The molecule has 5 heteroatoms. The predicted octanol–water partition coefficient (Wildman–Crippen LogP) is 3.95. The van der Waals surface area contributed by atoms with Crippen LogP contribution in [-0.2, 0) is 10.2 Å². The summed E-state index contributed by atoms with van der Waals surface area (Å²) in [6, 6.07) is 12.8. The zero-order valence-corrected chi connectivity index (χ0v) is 15.3. The van der Waals surface area contributed by atoms with E-state index in [-0.39, 0.29) is 23.6 Å². The van der Waals surface area contributed by atoms with Gasteiger partial charge in [-0.1, -0.05) is 24.3 Å². The second kappa shape index (κ2) is 7.39. The average molecular weight is 370 g/mol. The van der Waals surface area contributed by atoms with Crippen LogP contribution in [0.25, 0.3) is 0 Å². The van der Waals surface area contributed by atoms with Crippen LogP contribution in [-0.4, -0.2) is 30.4 Å². The Morgan fingerprint density at radius 3 is 2.07 bits per heavy atom. The minimum atomic E-state index is -0.522. The van der Waals surface area contributed by atoms with E-state index in [0.717, 1.165) is 49.9 Å². The lowest BCUT2D eigenvalue weighted by atomic mass is 9.94. The summed E-state index contributed by atoms with van der Waals surface area (Å²) >= 11 is 0. The van der Waals surface area contributed by atoms with Crippen LogP contribution in [0.3, 0.4) is 0 Å². The summed E-state index contributed by atoms with van der Waals surface area (Å²) in [5, 5.41) is 3.12. The first-order valence-electron chi connectivity index (χ1n) is 9.62. The highest BCUT2D eigenvalue weighted by Gasteiger charge is 2.51. The SMILES string of the molecule is O=C(NC[C@@H](c1ccc(F)cc1)N1CCCC1)C1(c2ccc(F)cc2)CC1. The maximum atomic E-state index is 13.3. The molecule has 1 saturated heterocycles. The van der Waals surface area contributed by atoms with Crippen molar-refractivity contribution in [1.29, 1.82) is 0 Å². The number of hydrogen-bond acceptors (Lipinski definition) is 2. The number of rotatable bonds is 6. The molecule has 2 fully saturated rings. The molecule has 1 saturated carbocycles. The molecule has 0 unspecified atom stereocenters. The summed E-state index contributed by atoms with van der Waals surface area (Å²) in [6.45, 7) is 2.47. The van der Waals surface area contributed by atoms with Gasteiger partial charge in [-0.05, 0) is 74.2 Å². The topological polar surface area (TPSA) is 32.3 Å². The smallest absolute Gasteiger partial charge is 0.230 e. The Labute approximate surface area is 158 Å². The molecule has 2 aromatic rings. The van der Waals surface area contributed by atoms with Gasteiger partial charge in [-0.2, -0.15) is 0 Å². The monoisotopic (exact) mass is 370 g/mol. The Kier molecular flexibility index (Phi) is 4.96. The number of halogens is 2. The molecule has 1 aliphatic carbocycles. The Hall–Kier alpha value is -2.27. The van der Waals surface area contributed by atoms with Crippen LogP contribution in [0.4, 0.5) is 8.78 Å². The molecule has 0 aromatic heterocycles. The Bertz CT molecular complexity index is 794. The molecule has 0 spiro atoms. The number of carbonyl (C=O) groups excluding carboxylic acids is 1. The van der Waals surface area contributed by atoms with E-state index in [1.807, 2.05) is 0 Å². The number of nitrogens with zero attached hydrogens (tertiary/aromatic N) is 1. The first-order valence-corrected chi connectivity index (χ1v) is 9.62. The van der Waals surface area contributed by atoms with E-state index in [4.69, 9.17) is 0 Å². The van der Waals surface area contributed by atoms with Crippen molar-refractivity contribution in [3.05, 3.63) is 71.3 Å². The van der Waals surface area contributed by atoms with Crippen LogP contribution in [0.5, 0.6) is 0 Å². The van der Waals surface area contributed by atoms with Gasteiger partial charge in [0.05, 0.1) is 11.5 Å². The lowest BCUT2D eigenvalue weighted by molar-refractivity contribution is -0.123. The lowest BCUT2D eigenvalue weighted by Gasteiger charge is -2.29. The quantitative estimate of drug-likeness (QED) is 0.835. The highest BCUT2D eigenvalue weighted by Crippen LogP contribution is 2.48. The molecule has 1 amide bonds. The van der Waals surface area contributed by atoms with Gasteiger partial charge in [0.2, 0.25) is 5.91 Å². The highest BCUT2D eigenvalue weighted by molar-refractivity contribution is 5.91. The van der Waals surface area contributed by atoms with Gasteiger partial charge in [0, 0.05) is 6.54 Å². The summed E-state index contributed by atoms with van der Waals surface area (Å²) in [5.41, 5.74) is 1.37. The third-order valence-corrected chi connectivity index (χ3v) is 5.87. The van der Waals surface area contributed by atoms with Gasteiger partial charge in [0.25, 0.3) is 0 Å². The van der Waals surface area contributed by atoms with Crippen LogP contribution in [0.1, 0.15) is 42.9 Å². The summed E-state index contributed by atoms with van der Waals surface area (Å²) in [7, 11) is 0. The number of carbonyl (C=O) groups is 1. The summed E-state index contributed by atoms with van der Waals surface area (Å²) in [6.07, 6.45) is 3.86. The van der Waals surface area contributed by atoms with Crippen molar-refractivity contribution in [3.8, 4) is 0 Å². The van der Waals surface area contributed by atoms with Crippen molar-refractivity contribution in [1.82, 2.24) is 10.2 Å². The van der Waals surface area contributed by atoms with E-state index in [0.29, 0.717) is 6.54 Å². The molecule has 2 aliphatic rings. The van der Waals surface area contributed by atoms with Crippen LogP contribution in [0.15, 0.2) is 48.5 Å². The molecule has 0 radical (unpaired) electrons. The predicted molar refractivity (Wildman–Crippen MR) is 100 cm³/mol. The van der Waals surface area contributed by atoms with E-state index in [9.17, 15) is 13.6 Å². The van der Waals surface area contributed by atoms with Crippen LogP contribution in [0.2, 0.25) is 0 Å². The molecule has 1 aliphatic heterocycles. The molecule has 142 valence electrons. The third-order valence-electron chi connectivity index (χ3n) is 5.87. The standard InChI is InChI=1S/C22H24F2N2O/c23-18-7-3-16(4-8-18)20(26-13-1-2-14-26)15-25-21(27)22(11-12-22)17-5-9-19(24)10-6-17/h3-10,20H,1-2,11-15H2,(H,25,27)/t20-/m0/s1. The van der Waals surface area contributed by atoms with Crippen molar-refractivity contribution < 1.29 is 13.6 Å². The zero-order chi connectivity index (χ0) is 18.9. The normalized spacial score (nSPS) is 19.6. The molecular weight excluding hydrogens is 346 g/mol. The van der Waals surface area contributed by atoms with E-state index in [1.54, 1.807) is 24.3 Å².